The first kappa shape index (κ1) is 24.4. The fraction of sp³-hybridized carbons (Fsp3) is 0.783. The second-order valence-corrected chi connectivity index (χ2v) is 22.0. The Morgan fingerprint density at radius 1 is 0.593 bits per heavy atom. The quantitative estimate of drug-likeness (QED) is 0.384. The van der Waals surface area contributed by atoms with E-state index in [4.69, 9.17) is 4.98 Å². The summed E-state index contributed by atoms with van der Waals surface area (Å²) >= 11 is 0. The van der Waals surface area contributed by atoms with Gasteiger partial charge >= 0.3 is 0 Å². The van der Waals surface area contributed by atoms with Crippen LogP contribution in [0.25, 0.3) is 0 Å². The van der Waals surface area contributed by atoms with E-state index < -0.39 is 16.5 Å². The monoisotopic (exact) mass is 406 g/mol. The molecule has 0 bridgehead atoms. The highest BCUT2D eigenvalue weighted by Gasteiger charge is 2.60. The highest BCUT2D eigenvalue weighted by atomic mass is 28.4. The van der Waals surface area contributed by atoms with E-state index in [1.165, 1.54) is 5.82 Å². The van der Waals surface area contributed by atoms with Crippen molar-refractivity contribution in [3.05, 3.63) is 24.4 Å². The summed E-state index contributed by atoms with van der Waals surface area (Å²) in [6, 6.07) is 6.55. The highest BCUT2D eigenvalue weighted by molar-refractivity contribution is 7.05. The molecule has 0 saturated carbocycles. The molecule has 0 fully saturated rings. The van der Waals surface area contributed by atoms with Crippen molar-refractivity contribution in [3.8, 4) is 0 Å². The van der Waals surface area contributed by atoms with Crippen LogP contribution < -0.4 is 4.23 Å². The lowest BCUT2D eigenvalue weighted by Gasteiger charge is -2.63. The van der Waals surface area contributed by atoms with Crippen LogP contribution in [0.15, 0.2) is 24.4 Å². The number of rotatable bonds is 9. The number of hydrogen-bond acceptors (Lipinski definition) is 2. The molecule has 1 heterocycles. The van der Waals surface area contributed by atoms with Crippen LogP contribution in [0.1, 0.15) is 83.1 Å². The SMILES string of the molecule is CC(C)[Si](C(C)C)(C(C)C)N(c1ccccn1)[Si](C(C)C)(C(C)C)C(C)C. The number of anilines is 1. The van der Waals surface area contributed by atoms with Gasteiger partial charge < -0.3 is 4.23 Å². The second-order valence-electron chi connectivity index (χ2n) is 10.2. The summed E-state index contributed by atoms with van der Waals surface area (Å²) in [5.41, 5.74) is 4.10. The molecule has 0 aliphatic heterocycles. The molecule has 0 atom stereocenters. The van der Waals surface area contributed by atoms with Crippen LogP contribution in [0.5, 0.6) is 0 Å². The molecular weight excluding hydrogens is 360 g/mol. The van der Waals surface area contributed by atoms with Gasteiger partial charge in [-0.05, 0) is 45.4 Å². The van der Waals surface area contributed by atoms with Gasteiger partial charge in [-0.25, -0.2) is 4.98 Å². The molecule has 0 saturated heterocycles. The standard InChI is InChI=1S/C23H46N2Si2/c1-17(2)26(18(3)4,19(5)6)25(23-15-13-14-16-24-23)27(20(7)8,21(9)10)22(11)12/h13-22H,1-12H3. The number of hydrogen-bond donors (Lipinski definition) is 0. The summed E-state index contributed by atoms with van der Waals surface area (Å²) in [6.07, 6.45) is 2.00. The fourth-order valence-electron chi connectivity index (χ4n) is 6.77. The van der Waals surface area contributed by atoms with Crippen LogP contribution in [0, 0.1) is 0 Å². The number of aromatic nitrogens is 1. The van der Waals surface area contributed by atoms with Crippen LogP contribution in [0.3, 0.4) is 0 Å². The van der Waals surface area contributed by atoms with Crippen LogP contribution in [-0.2, 0) is 0 Å². The Balaban J connectivity index is 4.07. The molecule has 0 unspecified atom stereocenters. The Hall–Kier alpha value is -0.616. The van der Waals surface area contributed by atoms with Gasteiger partial charge in [-0.1, -0.05) is 89.2 Å². The molecule has 1 aromatic heterocycles. The molecule has 27 heavy (non-hydrogen) atoms. The molecule has 0 spiro atoms. The van der Waals surface area contributed by atoms with Crippen molar-refractivity contribution in [2.24, 2.45) is 0 Å². The van der Waals surface area contributed by atoms with Crippen molar-refractivity contribution >= 4 is 22.3 Å². The van der Waals surface area contributed by atoms with Crippen molar-refractivity contribution in [2.45, 2.75) is 116 Å². The number of pyridine rings is 1. The third kappa shape index (κ3) is 3.94. The van der Waals surface area contributed by atoms with Gasteiger partial charge in [0, 0.05) is 6.20 Å². The first-order valence-corrected chi connectivity index (χ1v) is 15.5. The van der Waals surface area contributed by atoms with Gasteiger partial charge in [0.1, 0.15) is 5.82 Å². The van der Waals surface area contributed by atoms with Crippen LogP contribution in [0.2, 0.25) is 33.2 Å². The van der Waals surface area contributed by atoms with E-state index in [1.54, 1.807) is 0 Å². The summed E-state index contributed by atoms with van der Waals surface area (Å²) in [5, 5.41) is 0. The lowest BCUT2D eigenvalue weighted by atomic mass is 10.5. The summed E-state index contributed by atoms with van der Waals surface area (Å²) in [4.78, 5) is 5.00. The van der Waals surface area contributed by atoms with Crippen molar-refractivity contribution < 1.29 is 0 Å². The molecular formula is C23H46N2Si2. The van der Waals surface area contributed by atoms with Crippen LogP contribution in [0.4, 0.5) is 5.82 Å². The lowest BCUT2D eigenvalue weighted by Crippen LogP contribution is -2.74. The molecule has 2 nitrogen and oxygen atoms in total. The van der Waals surface area contributed by atoms with Crippen molar-refractivity contribution in [1.82, 2.24) is 4.98 Å². The highest BCUT2D eigenvalue weighted by Crippen LogP contribution is 2.54. The van der Waals surface area contributed by atoms with Crippen LogP contribution in [-0.4, -0.2) is 21.5 Å². The number of nitrogens with zero attached hydrogens (tertiary/aromatic N) is 2. The molecule has 1 rings (SSSR count). The van der Waals surface area contributed by atoms with Gasteiger partial charge in [-0.3, -0.25) is 0 Å². The zero-order valence-corrected chi connectivity index (χ0v) is 22.2. The maximum absolute atomic E-state index is 5.00. The zero-order valence-electron chi connectivity index (χ0n) is 20.2. The Morgan fingerprint density at radius 3 is 1.15 bits per heavy atom. The van der Waals surface area contributed by atoms with Gasteiger partial charge in [-0.15, -0.1) is 0 Å². The predicted molar refractivity (Wildman–Crippen MR) is 129 cm³/mol. The lowest BCUT2D eigenvalue weighted by molar-refractivity contribution is 0.757. The first-order valence-electron chi connectivity index (χ1n) is 11.1. The van der Waals surface area contributed by atoms with Crippen molar-refractivity contribution in [3.63, 3.8) is 0 Å². The van der Waals surface area contributed by atoms with E-state index in [0.717, 1.165) is 0 Å². The zero-order chi connectivity index (χ0) is 21.2. The average Bonchev–Trinajstić information content (AvgIpc) is 2.53. The van der Waals surface area contributed by atoms with Gasteiger partial charge in [0.05, 0.1) is 0 Å². The maximum Gasteiger partial charge on any atom is 0.156 e. The molecule has 156 valence electrons. The molecule has 0 N–H and O–H groups in total. The molecule has 1 aromatic rings. The van der Waals surface area contributed by atoms with E-state index in [9.17, 15) is 0 Å². The summed E-state index contributed by atoms with van der Waals surface area (Å²) < 4.78 is 3.07. The molecule has 4 heteroatoms. The minimum Gasteiger partial charge on any atom is -0.407 e. The third-order valence-corrected chi connectivity index (χ3v) is 22.6. The molecule has 0 aliphatic rings. The Bertz CT molecular complexity index is 489. The topological polar surface area (TPSA) is 16.1 Å². The maximum atomic E-state index is 5.00. The van der Waals surface area contributed by atoms with Gasteiger partial charge in [0.15, 0.2) is 16.5 Å². The van der Waals surface area contributed by atoms with E-state index in [2.05, 4.69) is 106 Å². The minimum absolute atomic E-state index is 0.683. The molecule has 0 amide bonds. The van der Waals surface area contributed by atoms with E-state index in [0.29, 0.717) is 33.2 Å². The third-order valence-electron chi connectivity index (χ3n) is 7.20. The normalized spacial score (nSPS) is 13.7. The molecule has 0 aliphatic carbocycles. The van der Waals surface area contributed by atoms with Gasteiger partial charge in [0.25, 0.3) is 0 Å². The first-order chi connectivity index (χ1) is 12.4. The van der Waals surface area contributed by atoms with Crippen molar-refractivity contribution in [1.29, 1.82) is 0 Å². The van der Waals surface area contributed by atoms with Gasteiger partial charge in [-0.2, -0.15) is 0 Å². The Morgan fingerprint density at radius 2 is 0.926 bits per heavy atom. The molecule has 0 radical (unpaired) electrons. The smallest absolute Gasteiger partial charge is 0.156 e. The summed E-state index contributed by atoms with van der Waals surface area (Å²) in [5.74, 6) is 1.25. The van der Waals surface area contributed by atoms with Crippen LogP contribution >= 0.6 is 0 Å². The van der Waals surface area contributed by atoms with Gasteiger partial charge in [0.2, 0.25) is 0 Å². The largest absolute Gasteiger partial charge is 0.407 e. The van der Waals surface area contributed by atoms with E-state index >= 15 is 0 Å². The van der Waals surface area contributed by atoms with Crippen molar-refractivity contribution in [2.75, 3.05) is 4.23 Å². The Labute approximate surface area is 172 Å². The fourth-order valence-corrected chi connectivity index (χ4v) is 26.3. The van der Waals surface area contributed by atoms with E-state index in [-0.39, 0.29) is 0 Å². The minimum atomic E-state index is -1.89. The van der Waals surface area contributed by atoms with E-state index in [1.807, 2.05) is 6.20 Å². The summed E-state index contributed by atoms with van der Waals surface area (Å²) in [7, 11) is -3.78. The average molecular weight is 407 g/mol. The predicted octanol–water partition coefficient (Wildman–Crippen LogP) is 8.24. The summed E-state index contributed by atoms with van der Waals surface area (Å²) in [6.45, 7) is 29.9. The second kappa shape index (κ2) is 9.25. The molecule has 0 aromatic carbocycles. The Kier molecular flexibility index (Phi) is 8.37.